The monoisotopic (exact) mass is 426 g/mol. The van der Waals surface area contributed by atoms with E-state index in [0.29, 0.717) is 18.1 Å². The van der Waals surface area contributed by atoms with Crippen LogP contribution in [0.1, 0.15) is 52.0 Å². The fourth-order valence-electron chi connectivity index (χ4n) is 2.70. The Hall–Kier alpha value is -1.31. The summed E-state index contributed by atoms with van der Waals surface area (Å²) in [7, 11) is -3.72. The van der Waals surface area contributed by atoms with Crippen LogP contribution in [0.5, 0.6) is 0 Å². The van der Waals surface area contributed by atoms with Crippen LogP contribution in [0, 0.1) is 5.92 Å². The van der Waals surface area contributed by atoms with Crippen LogP contribution in [0.4, 0.5) is 0 Å². The van der Waals surface area contributed by atoms with E-state index in [9.17, 15) is 13.2 Å². The van der Waals surface area contributed by atoms with Crippen molar-refractivity contribution in [3.05, 3.63) is 41.3 Å². The maximum atomic E-state index is 12.6. The molecule has 0 aliphatic rings. The van der Waals surface area contributed by atoms with E-state index in [0.717, 1.165) is 30.2 Å². The highest BCUT2D eigenvalue weighted by molar-refractivity contribution is 7.98. The molecule has 0 aliphatic heterocycles. The molecular formula is C21H34N2O3S2. The molecule has 1 aromatic carbocycles. The van der Waals surface area contributed by atoms with Gasteiger partial charge in [-0.1, -0.05) is 57.0 Å². The molecule has 2 atom stereocenters. The van der Waals surface area contributed by atoms with Crippen LogP contribution in [0.2, 0.25) is 0 Å². The molecule has 0 aromatic heterocycles. The summed E-state index contributed by atoms with van der Waals surface area (Å²) in [5, 5.41) is 4.08. The van der Waals surface area contributed by atoms with Crippen molar-refractivity contribution in [2.45, 2.75) is 58.5 Å². The Morgan fingerprint density at radius 3 is 2.39 bits per heavy atom. The molecule has 2 N–H and O–H groups in total. The van der Waals surface area contributed by atoms with E-state index >= 15 is 0 Å². The molecule has 1 aromatic rings. The summed E-state index contributed by atoms with van der Waals surface area (Å²) in [5.74, 6) is 1.08. The molecule has 0 heterocycles. The average molecular weight is 427 g/mol. The summed E-state index contributed by atoms with van der Waals surface area (Å²) in [6.45, 7) is 6.33. The lowest BCUT2D eigenvalue weighted by Crippen LogP contribution is -2.48. The lowest BCUT2D eigenvalue weighted by atomic mass is 10.0. The van der Waals surface area contributed by atoms with Crippen molar-refractivity contribution in [1.82, 2.24) is 10.0 Å². The fraction of sp³-hybridized carbons (Fsp3) is 0.571. The van der Waals surface area contributed by atoms with Crippen molar-refractivity contribution in [1.29, 1.82) is 0 Å². The predicted octanol–water partition coefficient (Wildman–Crippen LogP) is 4.03. The Morgan fingerprint density at radius 1 is 1.11 bits per heavy atom. The molecule has 0 fully saturated rings. The maximum absolute atomic E-state index is 12.6. The molecule has 0 saturated carbocycles. The Labute approximate surface area is 174 Å². The second-order valence-electron chi connectivity index (χ2n) is 7.44. The van der Waals surface area contributed by atoms with Gasteiger partial charge in [0.1, 0.15) is 6.04 Å². The number of carbonyl (C=O) groups excluding carboxylic acids is 1. The summed E-state index contributed by atoms with van der Waals surface area (Å²) < 4.78 is 27.4. The lowest BCUT2D eigenvalue weighted by Gasteiger charge is -2.21. The lowest BCUT2D eigenvalue weighted by molar-refractivity contribution is -0.123. The minimum absolute atomic E-state index is 0.0207. The molecule has 0 saturated heterocycles. The minimum Gasteiger partial charge on any atom is -0.352 e. The second-order valence-corrected chi connectivity index (χ2v) is 10.0. The molecule has 1 amide bonds. The van der Waals surface area contributed by atoms with E-state index in [2.05, 4.69) is 23.9 Å². The first kappa shape index (κ1) is 24.7. The molecule has 0 aliphatic carbocycles. The first-order chi connectivity index (χ1) is 13.2. The zero-order valence-electron chi connectivity index (χ0n) is 17.4. The molecule has 28 heavy (non-hydrogen) atoms. The number of rotatable bonds is 13. The standard InChI is InChI=1S/C21H34N2O3S2/c1-17(2)9-8-10-18(3)22-21(24)20(13-15-27-4)23-28(25,26)16-14-19-11-6-5-7-12-19/h5-7,11-12,14,16-18,20,23H,8-10,13,15H2,1-4H3,(H,22,24)/b16-14+. The summed E-state index contributed by atoms with van der Waals surface area (Å²) in [6, 6.07) is 8.45. The van der Waals surface area contributed by atoms with Gasteiger partial charge in [0, 0.05) is 11.4 Å². The Bertz CT molecular complexity index is 704. The number of thioether (sulfide) groups is 1. The molecule has 158 valence electrons. The van der Waals surface area contributed by atoms with Crippen LogP contribution < -0.4 is 10.0 Å². The van der Waals surface area contributed by atoms with Gasteiger partial charge in [0.25, 0.3) is 0 Å². The predicted molar refractivity (Wildman–Crippen MR) is 121 cm³/mol. The van der Waals surface area contributed by atoms with Crippen molar-refractivity contribution < 1.29 is 13.2 Å². The Kier molecular flexibility index (Phi) is 11.5. The molecule has 0 bridgehead atoms. The van der Waals surface area contributed by atoms with Crippen LogP contribution in [0.3, 0.4) is 0 Å². The van der Waals surface area contributed by atoms with Gasteiger partial charge in [0.15, 0.2) is 0 Å². The zero-order chi connectivity index (χ0) is 21.0. The highest BCUT2D eigenvalue weighted by Crippen LogP contribution is 2.10. The van der Waals surface area contributed by atoms with Gasteiger partial charge < -0.3 is 5.32 Å². The van der Waals surface area contributed by atoms with E-state index in [1.54, 1.807) is 11.8 Å². The molecular weight excluding hydrogens is 392 g/mol. The normalized spacial score (nSPS) is 14.3. The number of sulfonamides is 1. The third-order valence-electron chi connectivity index (χ3n) is 4.28. The molecule has 2 unspecified atom stereocenters. The number of benzene rings is 1. The fourth-order valence-corrected chi connectivity index (χ4v) is 4.20. The van der Waals surface area contributed by atoms with Crippen LogP contribution >= 0.6 is 11.8 Å². The highest BCUT2D eigenvalue weighted by Gasteiger charge is 2.23. The number of hydrogen-bond acceptors (Lipinski definition) is 4. The first-order valence-corrected chi connectivity index (χ1v) is 12.7. The largest absolute Gasteiger partial charge is 0.352 e. The number of carbonyl (C=O) groups is 1. The molecule has 0 radical (unpaired) electrons. The van der Waals surface area contributed by atoms with Gasteiger partial charge in [-0.15, -0.1) is 0 Å². The molecule has 1 rings (SSSR count). The van der Waals surface area contributed by atoms with E-state index in [-0.39, 0.29) is 11.9 Å². The van der Waals surface area contributed by atoms with E-state index in [4.69, 9.17) is 0 Å². The quantitative estimate of drug-likeness (QED) is 0.499. The van der Waals surface area contributed by atoms with Crippen molar-refractivity contribution in [2.75, 3.05) is 12.0 Å². The van der Waals surface area contributed by atoms with E-state index in [1.165, 1.54) is 6.08 Å². The zero-order valence-corrected chi connectivity index (χ0v) is 19.0. The summed E-state index contributed by atoms with van der Waals surface area (Å²) in [4.78, 5) is 12.6. The van der Waals surface area contributed by atoms with Gasteiger partial charge in [-0.25, -0.2) is 8.42 Å². The van der Waals surface area contributed by atoms with Crippen molar-refractivity contribution >= 4 is 33.8 Å². The Balaban J connectivity index is 2.69. The van der Waals surface area contributed by atoms with Crippen LogP contribution in [-0.2, 0) is 14.8 Å². The number of hydrogen-bond donors (Lipinski definition) is 2. The van der Waals surface area contributed by atoms with Gasteiger partial charge >= 0.3 is 0 Å². The van der Waals surface area contributed by atoms with Crippen molar-refractivity contribution in [2.24, 2.45) is 5.92 Å². The molecule has 7 heteroatoms. The van der Waals surface area contributed by atoms with Crippen molar-refractivity contribution in [3.63, 3.8) is 0 Å². The number of amides is 1. The van der Waals surface area contributed by atoms with Gasteiger partial charge in [-0.2, -0.15) is 16.5 Å². The summed E-state index contributed by atoms with van der Waals surface area (Å²) in [6.07, 6.45) is 6.96. The third kappa shape index (κ3) is 10.9. The molecule has 5 nitrogen and oxygen atoms in total. The topological polar surface area (TPSA) is 75.3 Å². The van der Waals surface area contributed by atoms with Crippen LogP contribution in [0.25, 0.3) is 6.08 Å². The van der Waals surface area contributed by atoms with Gasteiger partial charge in [0.2, 0.25) is 15.9 Å². The number of nitrogens with one attached hydrogen (secondary N) is 2. The Morgan fingerprint density at radius 2 is 1.79 bits per heavy atom. The minimum atomic E-state index is -3.72. The third-order valence-corrected chi connectivity index (χ3v) is 6.03. The summed E-state index contributed by atoms with van der Waals surface area (Å²) >= 11 is 1.59. The van der Waals surface area contributed by atoms with Gasteiger partial charge in [-0.05, 0) is 49.3 Å². The van der Waals surface area contributed by atoms with Crippen molar-refractivity contribution in [3.8, 4) is 0 Å². The van der Waals surface area contributed by atoms with E-state index < -0.39 is 16.1 Å². The maximum Gasteiger partial charge on any atom is 0.238 e. The smallest absolute Gasteiger partial charge is 0.238 e. The summed E-state index contributed by atoms with van der Waals surface area (Å²) in [5.41, 5.74) is 0.789. The SMILES string of the molecule is CSCCC(NS(=O)(=O)/C=C/c1ccccc1)C(=O)NC(C)CCCC(C)C. The van der Waals surface area contributed by atoms with E-state index in [1.807, 2.05) is 43.5 Å². The highest BCUT2D eigenvalue weighted by atomic mass is 32.2. The van der Waals surface area contributed by atoms with Gasteiger partial charge in [0.05, 0.1) is 0 Å². The second kappa shape index (κ2) is 13.0. The van der Waals surface area contributed by atoms with Gasteiger partial charge in [-0.3, -0.25) is 4.79 Å². The van der Waals surface area contributed by atoms with Crippen LogP contribution in [0.15, 0.2) is 35.7 Å². The first-order valence-electron chi connectivity index (χ1n) is 9.78. The molecule has 0 spiro atoms. The average Bonchev–Trinajstić information content (AvgIpc) is 2.64. The van der Waals surface area contributed by atoms with Crippen LogP contribution in [-0.4, -0.2) is 38.4 Å².